The maximum absolute atomic E-state index is 6.57. The molecule has 0 aliphatic carbocycles. The van der Waals surface area contributed by atoms with E-state index in [2.05, 4.69) is 15.2 Å². The number of benzene rings is 2. The molecule has 0 radical (unpaired) electrons. The fourth-order valence-electron chi connectivity index (χ4n) is 2.59. The monoisotopic (exact) mass is 381 g/mol. The Morgan fingerprint density at radius 1 is 0.923 bits per heavy atom. The Balaban J connectivity index is 1.52. The number of thioether (sulfide) groups is 1. The SMILES string of the molecule is Cc1nn(-c2ccccc2)c(Cl)c1CSc1ncn(-c2ccccc2)n1. The summed E-state index contributed by atoms with van der Waals surface area (Å²) in [6.07, 6.45) is 1.72. The van der Waals surface area contributed by atoms with Crippen LogP contribution >= 0.6 is 23.4 Å². The highest BCUT2D eigenvalue weighted by atomic mass is 35.5. The summed E-state index contributed by atoms with van der Waals surface area (Å²) in [4.78, 5) is 4.38. The first kappa shape index (κ1) is 16.9. The standard InChI is InChI=1S/C19H16ClN5S/c1-14-17(18(20)25(22-14)16-10-6-3-7-11-16)12-26-19-21-13-24(23-19)15-8-4-2-5-9-15/h2-11,13H,12H2,1H3. The van der Waals surface area contributed by atoms with Crippen molar-refractivity contribution in [2.45, 2.75) is 17.8 Å². The lowest BCUT2D eigenvalue weighted by Gasteiger charge is -2.03. The molecule has 0 atom stereocenters. The Morgan fingerprint density at radius 2 is 1.58 bits per heavy atom. The lowest BCUT2D eigenvalue weighted by atomic mass is 10.3. The first-order valence-corrected chi connectivity index (χ1v) is 9.48. The van der Waals surface area contributed by atoms with Crippen LogP contribution in [0, 0.1) is 6.92 Å². The van der Waals surface area contributed by atoms with Gasteiger partial charge in [0.1, 0.15) is 11.5 Å². The molecule has 0 N–H and O–H groups in total. The second-order valence-corrected chi connectivity index (χ2v) is 7.00. The van der Waals surface area contributed by atoms with E-state index < -0.39 is 0 Å². The Morgan fingerprint density at radius 3 is 2.27 bits per heavy atom. The van der Waals surface area contributed by atoms with Crippen LogP contribution in [0.5, 0.6) is 0 Å². The van der Waals surface area contributed by atoms with Gasteiger partial charge in [0.05, 0.1) is 17.1 Å². The maximum atomic E-state index is 6.57. The van der Waals surface area contributed by atoms with Crippen LogP contribution in [-0.2, 0) is 5.75 Å². The Labute approximate surface area is 160 Å². The number of hydrogen-bond acceptors (Lipinski definition) is 4. The minimum Gasteiger partial charge on any atom is -0.222 e. The summed E-state index contributed by atoms with van der Waals surface area (Å²) in [5.41, 5.74) is 3.84. The molecule has 2 heterocycles. The molecule has 2 aromatic carbocycles. The number of halogens is 1. The van der Waals surface area contributed by atoms with Crippen LogP contribution in [0.15, 0.2) is 72.1 Å². The molecule has 2 aromatic heterocycles. The van der Waals surface area contributed by atoms with E-state index in [4.69, 9.17) is 11.6 Å². The van der Waals surface area contributed by atoms with Crippen molar-refractivity contribution in [1.29, 1.82) is 0 Å². The van der Waals surface area contributed by atoms with Gasteiger partial charge in [-0.2, -0.15) is 5.10 Å². The molecular weight excluding hydrogens is 366 g/mol. The van der Waals surface area contributed by atoms with Gasteiger partial charge >= 0.3 is 0 Å². The molecule has 0 aliphatic rings. The number of aromatic nitrogens is 5. The largest absolute Gasteiger partial charge is 0.222 e. The fourth-order valence-corrected chi connectivity index (χ4v) is 3.90. The molecule has 0 unspecified atom stereocenters. The van der Waals surface area contributed by atoms with E-state index in [0.717, 1.165) is 22.6 Å². The third-order valence-electron chi connectivity index (χ3n) is 3.96. The summed E-state index contributed by atoms with van der Waals surface area (Å²) in [6.45, 7) is 1.97. The van der Waals surface area contributed by atoms with Crippen LogP contribution in [-0.4, -0.2) is 24.5 Å². The molecule has 130 valence electrons. The lowest BCUT2D eigenvalue weighted by molar-refractivity contribution is 0.834. The molecule has 4 aromatic rings. The summed E-state index contributed by atoms with van der Waals surface area (Å²) in [6, 6.07) is 19.8. The highest BCUT2D eigenvalue weighted by molar-refractivity contribution is 7.98. The summed E-state index contributed by atoms with van der Waals surface area (Å²) in [5.74, 6) is 0.663. The molecule has 7 heteroatoms. The van der Waals surface area contributed by atoms with E-state index in [9.17, 15) is 0 Å². The Bertz CT molecular complexity index is 1010. The van der Waals surface area contributed by atoms with Crippen LogP contribution in [0.2, 0.25) is 5.15 Å². The van der Waals surface area contributed by atoms with Crippen molar-refractivity contribution in [2.75, 3.05) is 0 Å². The highest BCUT2D eigenvalue weighted by Gasteiger charge is 2.15. The van der Waals surface area contributed by atoms with Crippen molar-refractivity contribution < 1.29 is 0 Å². The predicted molar refractivity (Wildman–Crippen MR) is 104 cm³/mol. The van der Waals surface area contributed by atoms with Crippen LogP contribution < -0.4 is 0 Å². The maximum Gasteiger partial charge on any atom is 0.209 e. The van der Waals surface area contributed by atoms with E-state index in [0.29, 0.717) is 16.1 Å². The van der Waals surface area contributed by atoms with Gasteiger partial charge in [-0.3, -0.25) is 0 Å². The van der Waals surface area contributed by atoms with Gasteiger partial charge in [-0.05, 0) is 31.2 Å². The van der Waals surface area contributed by atoms with Gasteiger partial charge in [0, 0.05) is 11.3 Å². The topological polar surface area (TPSA) is 48.5 Å². The van der Waals surface area contributed by atoms with Crippen LogP contribution in [0.3, 0.4) is 0 Å². The second-order valence-electron chi connectivity index (χ2n) is 5.70. The van der Waals surface area contributed by atoms with Gasteiger partial charge in [0.2, 0.25) is 5.16 Å². The van der Waals surface area contributed by atoms with Crippen molar-refractivity contribution in [2.24, 2.45) is 0 Å². The average molecular weight is 382 g/mol. The molecule has 26 heavy (non-hydrogen) atoms. The first-order chi connectivity index (χ1) is 12.7. The average Bonchev–Trinajstić information content (AvgIpc) is 3.26. The van der Waals surface area contributed by atoms with E-state index in [1.165, 1.54) is 0 Å². The molecule has 0 fully saturated rings. The quantitative estimate of drug-likeness (QED) is 0.470. The van der Waals surface area contributed by atoms with Gasteiger partial charge in [0.25, 0.3) is 0 Å². The molecule has 0 saturated carbocycles. The number of hydrogen-bond donors (Lipinski definition) is 0. The van der Waals surface area contributed by atoms with Gasteiger partial charge in [-0.25, -0.2) is 14.3 Å². The molecule has 0 aliphatic heterocycles. The summed E-state index contributed by atoms with van der Waals surface area (Å²) in [5, 5.41) is 10.4. The zero-order chi connectivity index (χ0) is 17.9. The molecule has 0 saturated heterocycles. The van der Waals surface area contributed by atoms with Crippen LogP contribution in [0.4, 0.5) is 0 Å². The number of nitrogens with zero attached hydrogens (tertiary/aromatic N) is 5. The zero-order valence-electron chi connectivity index (χ0n) is 14.1. The molecule has 5 nitrogen and oxygen atoms in total. The summed E-state index contributed by atoms with van der Waals surface area (Å²) < 4.78 is 3.53. The van der Waals surface area contributed by atoms with Crippen LogP contribution in [0.25, 0.3) is 11.4 Å². The lowest BCUT2D eigenvalue weighted by Crippen LogP contribution is -1.96. The minimum absolute atomic E-state index is 0.628. The molecular formula is C19H16ClN5S. The predicted octanol–water partition coefficient (Wildman–Crippen LogP) is 4.71. The van der Waals surface area contributed by atoms with Gasteiger partial charge in [0.15, 0.2) is 0 Å². The molecule has 0 bridgehead atoms. The van der Waals surface area contributed by atoms with E-state index in [1.54, 1.807) is 27.5 Å². The van der Waals surface area contributed by atoms with Gasteiger partial charge in [-0.1, -0.05) is 59.8 Å². The number of aryl methyl sites for hydroxylation is 1. The third kappa shape index (κ3) is 3.38. The first-order valence-electron chi connectivity index (χ1n) is 8.11. The van der Waals surface area contributed by atoms with E-state index in [1.807, 2.05) is 67.6 Å². The fraction of sp³-hybridized carbons (Fsp3) is 0.105. The normalized spacial score (nSPS) is 11.0. The van der Waals surface area contributed by atoms with E-state index >= 15 is 0 Å². The summed E-state index contributed by atoms with van der Waals surface area (Å²) >= 11 is 8.12. The second kappa shape index (κ2) is 7.35. The highest BCUT2D eigenvalue weighted by Crippen LogP contribution is 2.29. The van der Waals surface area contributed by atoms with Crippen molar-refractivity contribution >= 4 is 23.4 Å². The van der Waals surface area contributed by atoms with E-state index in [-0.39, 0.29) is 0 Å². The van der Waals surface area contributed by atoms with Crippen molar-refractivity contribution in [3.63, 3.8) is 0 Å². The van der Waals surface area contributed by atoms with Gasteiger partial charge < -0.3 is 0 Å². The minimum atomic E-state index is 0.628. The molecule has 0 spiro atoms. The van der Waals surface area contributed by atoms with Crippen LogP contribution in [0.1, 0.15) is 11.3 Å². The van der Waals surface area contributed by atoms with Crippen molar-refractivity contribution in [3.05, 3.63) is 83.4 Å². The molecule has 0 amide bonds. The Hall–Kier alpha value is -2.57. The Kier molecular flexibility index (Phi) is 4.77. The molecule has 4 rings (SSSR count). The van der Waals surface area contributed by atoms with Crippen molar-refractivity contribution in [3.8, 4) is 11.4 Å². The zero-order valence-corrected chi connectivity index (χ0v) is 15.7. The number of rotatable bonds is 5. The smallest absolute Gasteiger partial charge is 0.209 e. The summed E-state index contributed by atoms with van der Waals surface area (Å²) in [7, 11) is 0. The van der Waals surface area contributed by atoms with Gasteiger partial charge in [-0.15, -0.1) is 5.10 Å². The van der Waals surface area contributed by atoms with Crippen molar-refractivity contribution in [1.82, 2.24) is 24.5 Å². The number of para-hydroxylation sites is 2. The third-order valence-corrected chi connectivity index (χ3v) is 5.23.